The van der Waals surface area contributed by atoms with Crippen LogP contribution in [0.4, 0.5) is 0 Å². The molecule has 0 bridgehead atoms. The van der Waals surface area contributed by atoms with Crippen LogP contribution in [-0.2, 0) is 11.3 Å². The van der Waals surface area contributed by atoms with Crippen LogP contribution in [0.1, 0.15) is 51.0 Å². The minimum Gasteiger partial charge on any atom is -0.497 e. The van der Waals surface area contributed by atoms with Crippen molar-refractivity contribution in [1.29, 1.82) is 0 Å². The largest absolute Gasteiger partial charge is 0.497 e. The summed E-state index contributed by atoms with van der Waals surface area (Å²) >= 11 is 0. The number of nitrogens with zero attached hydrogens (tertiary/aromatic N) is 1. The Morgan fingerprint density at radius 3 is 3.00 bits per heavy atom. The van der Waals surface area contributed by atoms with E-state index in [1.54, 1.807) is 7.11 Å². The average Bonchev–Trinajstić information content (AvgIpc) is 2.86. The minimum atomic E-state index is 0.142. The van der Waals surface area contributed by atoms with Gasteiger partial charge in [0, 0.05) is 38.2 Å². The number of hydrogen-bond acceptors (Lipinski definition) is 4. The Kier molecular flexibility index (Phi) is 7.16. The first-order valence-electron chi connectivity index (χ1n) is 10.2. The second-order valence-electron chi connectivity index (χ2n) is 7.49. The Morgan fingerprint density at radius 1 is 1.37 bits per heavy atom. The molecule has 1 atom stereocenters. The van der Waals surface area contributed by atoms with Gasteiger partial charge in [0.1, 0.15) is 17.6 Å². The number of hydrogen-bond donors (Lipinski definition) is 1. The third kappa shape index (κ3) is 5.73. The molecule has 0 saturated carbocycles. The van der Waals surface area contributed by atoms with Gasteiger partial charge in [-0.15, -0.1) is 0 Å². The summed E-state index contributed by atoms with van der Waals surface area (Å²) in [5.74, 6) is 1.93. The number of fused-ring (bicyclic) bond motifs is 1. The highest BCUT2D eigenvalue weighted by Crippen LogP contribution is 2.29. The van der Waals surface area contributed by atoms with Crippen LogP contribution >= 0.6 is 0 Å². The maximum atomic E-state index is 12.2. The first-order chi connectivity index (χ1) is 13.2. The molecule has 1 aromatic rings. The van der Waals surface area contributed by atoms with Gasteiger partial charge >= 0.3 is 0 Å². The third-order valence-electron chi connectivity index (χ3n) is 5.40. The molecule has 5 nitrogen and oxygen atoms in total. The van der Waals surface area contributed by atoms with Crippen molar-refractivity contribution in [3.05, 3.63) is 35.4 Å². The van der Waals surface area contributed by atoms with Gasteiger partial charge in [-0.1, -0.05) is 18.6 Å². The summed E-state index contributed by atoms with van der Waals surface area (Å²) < 4.78 is 11.5. The molecular formula is C22H32N2O3. The lowest BCUT2D eigenvalue weighted by molar-refractivity contribution is -0.120. The van der Waals surface area contributed by atoms with E-state index in [4.69, 9.17) is 9.47 Å². The number of allylic oxidation sites excluding steroid dienone is 1. The number of nitrogens with one attached hydrogen (secondary N) is 1. The highest BCUT2D eigenvalue weighted by atomic mass is 16.5. The molecule has 0 spiro atoms. The molecule has 0 fully saturated rings. The highest BCUT2D eigenvalue weighted by molar-refractivity contribution is 5.78. The zero-order valence-electron chi connectivity index (χ0n) is 16.6. The van der Waals surface area contributed by atoms with Gasteiger partial charge in [-0.2, -0.15) is 0 Å². The van der Waals surface area contributed by atoms with Crippen LogP contribution in [-0.4, -0.2) is 43.7 Å². The summed E-state index contributed by atoms with van der Waals surface area (Å²) in [5.41, 5.74) is 2.44. The minimum absolute atomic E-state index is 0.142. The number of carbonyl (C=O) groups excluding carboxylic acids is 1. The Morgan fingerprint density at radius 2 is 2.26 bits per heavy atom. The number of carbonyl (C=O) groups is 1. The molecule has 0 radical (unpaired) electrons. The number of benzene rings is 1. The Bertz CT molecular complexity index is 672. The second-order valence-corrected chi connectivity index (χ2v) is 7.49. The highest BCUT2D eigenvalue weighted by Gasteiger charge is 2.22. The van der Waals surface area contributed by atoms with E-state index in [0.717, 1.165) is 56.0 Å². The van der Waals surface area contributed by atoms with Crippen molar-refractivity contribution in [2.24, 2.45) is 0 Å². The first-order valence-corrected chi connectivity index (χ1v) is 10.2. The molecule has 1 unspecified atom stereocenters. The SMILES string of the molecule is CCC1CN(CCNC(=O)CC2=CCCCC2)Cc2cc(OC)ccc2O1. The van der Waals surface area contributed by atoms with Gasteiger partial charge in [-0.25, -0.2) is 0 Å². The molecule has 5 heteroatoms. The second kappa shape index (κ2) is 9.79. The molecule has 3 rings (SSSR count). The summed E-state index contributed by atoms with van der Waals surface area (Å²) in [7, 11) is 1.68. The molecular weight excluding hydrogens is 340 g/mol. The van der Waals surface area contributed by atoms with Crippen LogP contribution in [0.5, 0.6) is 11.5 Å². The summed E-state index contributed by atoms with van der Waals surface area (Å²) in [5, 5.41) is 3.09. The number of ether oxygens (including phenoxy) is 2. The number of rotatable bonds is 7. The fraction of sp³-hybridized carbons (Fsp3) is 0.591. The summed E-state index contributed by atoms with van der Waals surface area (Å²) in [6.45, 7) is 5.32. The van der Waals surface area contributed by atoms with Crippen molar-refractivity contribution < 1.29 is 14.3 Å². The van der Waals surface area contributed by atoms with Gasteiger partial charge in [0.15, 0.2) is 0 Å². The number of amides is 1. The zero-order valence-corrected chi connectivity index (χ0v) is 16.6. The van der Waals surface area contributed by atoms with Crippen molar-refractivity contribution in [2.75, 3.05) is 26.7 Å². The normalized spacial score (nSPS) is 20.1. The van der Waals surface area contributed by atoms with Crippen LogP contribution < -0.4 is 14.8 Å². The van der Waals surface area contributed by atoms with Crippen molar-refractivity contribution in [2.45, 2.75) is 58.1 Å². The molecule has 2 aliphatic rings. The topological polar surface area (TPSA) is 50.8 Å². The summed E-state index contributed by atoms with van der Waals surface area (Å²) in [6, 6.07) is 6.00. The maximum Gasteiger partial charge on any atom is 0.224 e. The van der Waals surface area contributed by atoms with E-state index in [0.29, 0.717) is 13.0 Å². The van der Waals surface area contributed by atoms with E-state index in [1.807, 2.05) is 12.1 Å². The molecule has 1 N–H and O–H groups in total. The predicted octanol–water partition coefficient (Wildman–Crippen LogP) is 3.67. The van der Waals surface area contributed by atoms with Crippen LogP contribution in [0.25, 0.3) is 0 Å². The fourth-order valence-corrected chi connectivity index (χ4v) is 3.80. The van der Waals surface area contributed by atoms with E-state index < -0.39 is 0 Å². The van der Waals surface area contributed by atoms with E-state index >= 15 is 0 Å². The Hall–Kier alpha value is -2.01. The lowest BCUT2D eigenvalue weighted by Crippen LogP contribution is -2.38. The average molecular weight is 373 g/mol. The van der Waals surface area contributed by atoms with E-state index in [-0.39, 0.29) is 12.0 Å². The van der Waals surface area contributed by atoms with Gasteiger partial charge in [-0.3, -0.25) is 9.69 Å². The molecule has 27 heavy (non-hydrogen) atoms. The molecule has 0 aromatic heterocycles. The van der Waals surface area contributed by atoms with Gasteiger partial charge in [0.25, 0.3) is 0 Å². The first kappa shape index (κ1) is 19.7. The van der Waals surface area contributed by atoms with Crippen LogP contribution in [0, 0.1) is 0 Å². The Labute approximate surface area is 162 Å². The molecule has 1 amide bonds. The molecule has 1 aromatic carbocycles. The van der Waals surface area contributed by atoms with Crippen molar-refractivity contribution in [3.63, 3.8) is 0 Å². The molecule has 1 heterocycles. The predicted molar refractivity (Wildman–Crippen MR) is 107 cm³/mol. The Balaban J connectivity index is 1.53. The third-order valence-corrected chi connectivity index (χ3v) is 5.40. The van der Waals surface area contributed by atoms with Crippen LogP contribution in [0.2, 0.25) is 0 Å². The van der Waals surface area contributed by atoms with E-state index in [2.05, 4.69) is 29.3 Å². The van der Waals surface area contributed by atoms with Crippen LogP contribution in [0.15, 0.2) is 29.8 Å². The van der Waals surface area contributed by atoms with Gasteiger partial charge in [0.2, 0.25) is 5.91 Å². The van der Waals surface area contributed by atoms with Crippen molar-refractivity contribution in [1.82, 2.24) is 10.2 Å². The molecule has 148 valence electrons. The lowest BCUT2D eigenvalue weighted by atomic mass is 9.97. The monoisotopic (exact) mass is 372 g/mol. The summed E-state index contributed by atoms with van der Waals surface area (Å²) in [6.07, 6.45) is 8.60. The molecule has 1 aliphatic heterocycles. The number of methoxy groups -OCH3 is 1. The molecule has 0 saturated heterocycles. The smallest absolute Gasteiger partial charge is 0.224 e. The van der Waals surface area contributed by atoms with Gasteiger partial charge in [-0.05, 0) is 50.3 Å². The maximum absolute atomic E-state index is 12.2. The summed E-state index contributed by atoms with van der Waals surface area (Å²) in [4.78, 5) is 14.6. The van der Waals surface area contributed by atoms with E-state index in [1.165, 1.54) is 18.4 Å². The van der Waals surface area contributed by atoms with Gasteiger partial charge < -0.3 is 14.8 Å². The molecule has 1 aliphatic carbocycles. The van der Waals surface area contributed by atoms with Crippen LogP contribution in [0.3, 0.4) is 0 Å². The zero-order chi connectivity index (χ0) is 19.1. The standard InChI is InChI=1S/C22H32N2O3/c1-3-19-16-24(15-18-14-20(26-2)9-10-21(18)27-19)12-11-23-22(25)13-17-7-5-4-6-8-17/h7,9-10,14,19H,3-6,8,11-13,15-16H2,1-2H3,(H,23,25). The van der Waals surface area contributed by atoms with Gasteiger partial charge in [0.05, 0.1) is 7.11 Å². The fourth-order valence-electron chi connectivity index (χ4n) is 3.80. The lowest BCUT2D eigenvalue weighted by Gasteiger charge is -2.23. The van der Waals surface area contributed by atoms with E-state index in [9.17, 15) is 4.79 Å². The van der Waals surface area contributed by atoms with Crippen molar-refractivity contribution in [3.8, 4) is 11.5 Å². The quantitative estimate of drug-likeness (QED) is 0.742. The van der Waals surface area contributed by atoms with Crippen molar-refractivity contribution >= 4 is 5.91 Å².